The second kappa shape index (κ2) is 11.3. The van der Waals surface area contributed by atoms with Crippen molar-refractivity contribution in [1.82, 2.24) is 0 Å². The normalized spacial score (nSPS) is 16.4. The molecular weight excluding hydrogens is 486 g/mol. The predicted molar refractivity (Wildman–Crippen MR) is 144 cm³/mol. The summed E-state index contributed by atoms with van der Waals surface area (Å²) in [6.45, 7) is 4.28. The molecule has 1 aliphatic rings. The molecule has 1 heterocycles. The number of ketones is 1. The van der Waals surface area contributed by atoms with Crippen LogP contribution in [-0.2, 0) is 16.0 Å². The number of nitrogens with zero attached hydrogens (tertiary/aromatic N) is 1. The Labute approximate surface area is 222 Å². The van der Waals surface area contributed by atoms with Crippen LogP contribution < -0.4 is 23.8 Å². The van der Waals surface area contributed by atoms with Crippen LogP contribution in [0.25, 0.3) is 5.76 Å². The number of aryl methyl sites for hydroxylation is 1. The molecule has 0 aliphatic carbocycles. The Morgan fingerprint density at radius 1 is 0.816 bits per heavy atom. The summed E-state index contributed by atoms with van der Waals surface area (Å²) < 4.78 is 21.9. The van der Waals surface area contributed by atoms with E-state index in [1.807, 2.05) is 26.0 Å². The summed E-state index contributed by atoms with van der Waals surface area (Å²) in [6.07, 6.45) is 0.831. The lowest BCUT2D eigenvalue weighted by atomic mass is 9.94. The van der Waals surface area contributed by atoms with Crippen molar-refractivity contribution in [3.05, 3.63) is 82.9 Å². The number of carbonyl (C=O) groups is 2. The first kappa shape index (κ1) is 26.6. The molecule has 3 aromatic rings. The van der Waals surface area contributed by atoms with Crippen LogP contribution in [0.4, 0.5) is 5.69 Å². The topological polar surface area (TPSA) is 94.5 Å². The number of anilines is 1. The van der Waals surface area contributed by atoms with E-state index in [2.05, 4.69) is 0 Å². The minimum absolute atomic E-state index is 0.0468. The standard InChI is InChI=1S/C30H31NO7/c1-6-18-8-12-21(13-9-18)31-27(19-10-14-23(36-4)25(16-19)38-7-2)26(29(33)30(31)34)28(32)20-11-15-22(35-3)24(17-20)37-5/h8-17,27,32H,6-7H2,1-5H3/b28-26-. The van der Waals surface area contributed by atoms with E-state index >= 15 is 0 Å². The van der Waals surface area contributed by atoms with Crippen molar-refractivity contribution >= 4 is 23.1 Å². The molecule has 1 atom stereocenters. The molecule has 1 amide bonds. The number of ether oxygens (including phenoxy) is 4. The molecule has 1 aliphatic heterocycles. The van der Waals surface area contributed by atoms with E-state index in [4.69, 9.17) is 18.9 Å². The van der Waals surface area contributed by atoms with Crippen molar-refractivity contribution in [2.24, 2.45) is 0 Å². The largest absolute Gasteiger partial charge is 0.507 e. The van der Waals surface area contributed by atoms with Gasteiger partial charge in [0.1, 0.15) is 5.76 Å². The highest BCUT2D eigenvalue weighted by atomic mass is 16.5. The van der Waals surface area contributed by atoms with Gasteiger partial charge in [-0.25, -0.2) is 0 Å². The average molecular weight is 518 g/mol. The van der Waals surface area contributed by atoms with E-state index in [1.54, 1.807) is 48.5 Å². The van der Waals surface area contributed by atoms with Crippen LogP contribution in [0.1, 0.15) is 36.6 Å². The van der Waals surface area contributed by atoms with Crippen molar-refractivity contribution in [1.29, 1.82) is 0 Å². The second-order valence-electron chi connectivity index (χ2n) is 8.60. The van der Waals surface area contributed by atoms with Gasteiger partial charge in [0.25, 0.3) is 11.7 Å². The van der Waals surface area contributed by atoms with Gasteiger partial charge in [-0.3, -0.25) is 14.5 Å². The van der Waals surface area contributed by atoms with Gasteiger partial charge in [-0.1, -0.05) is 25.1 Å². The molecule has 8 heteroatoms. The van der Waals surface area contributed by atoms with Crippen molar-refractivity contribution in [3.63, 3.8) is 0 Å². The van der Waals surface area contributed by atoms with Crippen LogP contribution in [0.2, 0.25) is 0 Å². The lowest BCUT2D eigenvalue weighted by molar-refractivity contribution is -0.132. The van der Waals surface area contributed by atoms with Crippen LogP contribution in [0.3, 0.4) is 0 Å². The van der Waals surface area contributed by atoms with Crippen molar-refractivity contribution in [2.75, 3.05) is 32.8 Å². The van der Waals surface area contributed by atoms with Gasteiger partial charge in [0.15, 0.2) is 23.0 Å². The molecule has 8 nitrogen and oxygen atoms in total. The second-order valence-corrected chi connectivity index (χ2v) is 8.60. The van der Waals surface area contributed by atoms with E-state index in [-0.39, 0.29) is 11.3 Å². The SMILES string of the molecule is CCOc1cc(C2/C(=C(/O)c3ccc(OC)c(OC)c3)C(=O)C(=O)N2c2ccc(CC)cc2)ccc1OC. The Hall–Kier alpha value is -4.46. The molecule has 4 rings (SSSR count). The van der Waals surface area contributed by atoms with Gasteiger partial charge in [-0.2, -0.15) is 0 Å². The predicted octanol–water partition coefficient (Wildman–Crippen LogP) is 5.30. The number of methoxy groups -OCH3 is 3. The first-order valence-electron chi connectivity index (χ1n) is 12.3. The Kier molecular flexibility index (Phi) is 7.90. The summed E-state index contributed by atoms with van der Waals surface area (Å²) in [7, 11) is 4.52. The van der Waals surface area contributed by atoms with E-state index in [9.17, 15) is 14.7 Å². The van der Waals surface area contributed by atoms with Gasteiger partial charge in [0.2, 0.25) is 0 Å². The zero-order valence-corrected chi connectivity index (χ0v) is 22.1. The minimum atomic E-state index is -0.916. The third-order valence-corrected chi connectivity index (χ3v) is 6.53. The molecule has 0 spiro atoms. The zero-order chi connectivity index (χ0) is 27.4. The quantitative estimate of drug-likeness (QED) is 0.234. The maximum atomic E-state index is 13.5. The lowest BCUT2D eigenvalue weighted by Crippen LogP contribution is -2.29. The summed E-state index contributed by atoms with van der Waals surface area (Å²) in [4.78, 5) is 28.4. The third kappa shape index (κ3) is 4.77. The molecule has 0 aromatic heterocycles. The van der Waals surface area contributed by atoms with Crippen LogP contribution in [0.5, 0.6) is 23.0 Å². The monoisotopic (exact) mass is 517 g/mol. The minimum Gasteiger partial charge on any atom is -0.507 e. The molecule has 1 fully saturated rings. The lowest BCUT2D eigenvalue weighted by Gasteiger charge is -2.26. The molecular formula is C30H31NO7. The van der Waals surface area contributed by atoms with E-state index in [0.717, 1.165) is 12.0 Å². The maximum Gasteiger partial charge on any atom is 0.300 e. The summed E-state index contributed by atoms with van der Waals surface area (Å²) in [6, 6.07) is 16.5. The fourth-order valence-corrected chi connectivity index (χ4v) is 4.58. The van der Waals surface area contributed by atoms with Gasteiger partial charge in [-0.15, -0.1) is 0 Å². The highest BCUT2D eigenvalue weighted by molar-refractivity contribution is 6.51. The van der Waals surface area contributed by atoms with Crippen LogP contribution in [0, 0.1) is 0 Å². The summed E-state index contributed by atoms with van der Waals surface area (Å²) in [5.41, 5.74) is 2.47. The van der Waals surface area contributed by atoms with Crippen LogP contribution in [-0.4, -0.2) is 44.7 Å². The van der Waals surface area contributed by atoms with Gasteiger partial charge in [0.05, 0.1) is 39.6 Å². The summed E-state index contributed by atoms with van der Waals surface area (Å²) >= 11 is 0. The van der Waals surface area contributed by atoms with E-state index < -0.39 is 17.7 Å². The molecule has 1 unspecified atom stereocenters. The molecule has 0 bridgehead atoms. The Morgan fingerprint density at radius 3 is 2.05 bits per heavy atom. The van der Waals surface area contributed by atoms with Gasteiger partial charge < -0.3 is 24.1 Å². The van der Waals surface area contributed by atoms with Gasteiger partial charge in [0, 0.05) is 11.3 Å². The Morgan fingerprint density at radius 2 is 1.45 bits per heavy atom. The zero-order valence-electron chi connectivity index (χ0n) is 22.1. The smallest absolute Gasteiger partial charge is 0.300 e. The number of aliphatic hydroxyl groups is 1. The molecule has 1 saturated heterocycles. The molecule has 1 N–H and O–H groups in total. The molecule has 198 valence electrons. The number of rotatable bonds is 9. The van der Waals surface area contributed by atoms with Crippen molar-refractivity contribution in [3.8, 4) is 23.0 Å². The summed E-state index contributed by atoms with van der Waals surface area (Å²) in [5.74, 6) is -0.0409. The van der Waals surface area contributed by atoms with Crippen molar-refractivity contribution in [2.45, 2.75) is 26.3 Å². The molecule has 0 saturated carbocycles. The van der Waals surface area contributed by atoms with Crippen molar-refractivity contribution < 1.29 is 33.6 Å². The third-order valence-electron chi connectivity index (χ3n) is 6.53. The Bertz CT molecular complexity index is 1380. The average Bonchev–Trinajstić information content (AvgIpc) is 3.22. The van der Waals surface area contributed by atoms with Crippen LogP contribution in [0.15, 0.2) is 66.2 Å². The van der Waals surface area contributed by atoms with E-state index in [0.29, 0.717) is 46.4 Å². The van der Waals surface area contributed by atoms with Gasteiger partial charge >= 0.3 is 0 Å². The molecule has 38 heavy (non-hydrogen) atoms. The Balaban J connectivity index is 1.95. The number of hydrogen-bond acceptors (Lipinski definition) is 7. The molecule has 0 radical (unpaired) electrons. The van der Waals surface area contributed by atoms with E-state index in [1.165, 1.54) is 26.2 Å². The number of carbonyl (C=O) groups excluding carboxylic acids is 2. The number of hydrogen-bond donors (Lipinski definition) is 1. The first-order valence-corrected chi connectivity index (χ1v) is 12.3. The van der Waals surface area contributed by atoms with Gasteiger partial charge in [-0.05, 0) is 66.9 Å². The highest BCUT2D eigenvalue weighted by Crippen LogP contribution is 2.44. The first-order chi connectivity index (χ1) is 18.4. The number of aliphatic hydroxyl groups excluding tert-OH is 1. The number of benzene rings is 3. The maximum absolute atomic E-state index is 13.5. The fourth-order valence-electron chi connectivity index (χ4n) is 4.58. The van der Waals surface area contributed by atoms with Crippen LogP contribution >= 0.6 is 0 Å². The fraction of sp³-hybridized carbons (Fsp3) is 0.267. The number of Topliss-reactive ketones (excluding diaryl/α,β-unsaturated/α-hetero) is 1. The highest BCUT2D eigenvalue weighted by Gasteiger charge is 2.47. The molecule has 3 aromatic carbocycles. The summed E-state index contributed by atoms with van der Waals surface area (Å²) in [5, 5.41) is 11.5. The number of amides is 1.